The average Bonchev–Trinajstić information content (AvgIpc) is 2.78. The highest BCUT2D eigenvalue weighted by molar-refractivity contribution is 9.11. The van der Waals surface area contributed by atoms with Gasteiger partial charge in [-0.05, 0) is 46.8 Å². The van der Waals surface area contributed by atoms with Gasteiger partial charge in [-0.3, -0.25) is 4.79 Å². The Balaban J connectivity index is 2.21. The summed E-state index contributed by atoms with van der Waals surface area (Å²) in [7, 11) is 0. The Labute approximate surface area is 124 Å². The molecule has 1 heterocycles. The summed E-state index contributed by atoms with van der Waals surface area (Å²) in [6.45, 7) is 1.90. The number of hydrogen-bond donors (Lipinski definition) is 2. The number of aliphatic carboxylic acids is 1. The zero-order valence-corrected chi connectivity index (χ0v) is 13.0. The van der Waals surface area contributed by atoms with Gasteiger partial charge in [-0.15, -0.1) is 11.3 Å². The number of hydrogen-bond acceptors (Lipinski definition) is 3. The standard InChI is InChI=1S/C13H16BrNO3S/c1-8-4-2-3-7-13(8,12(17)18)15-11(16)9-5-6-10(14)19-9/h5-6,8H,2-4,7H2,1H3,(H,15,16)(H,17,18). The number of rotatable bonds is 3. The monoisotopic (exact) mass is 345 g/mol. The highest BCUT2D eigenvalue weighted by Crippen LogP contribution is 2.34. The quantitative estimate of drug-likeness (QED) is 0.883. The first-order valence-corrected chi connectivity index (χ1v) is 7.88. The fraction of sp³-hybridized carbons (Fsp3) is 0.538. The molecule has 0 radical (unpaired) electrons. The van der Waals surface area contributed by atoms with E-state index in [9.17, 15) is 14.7 Å². The van der Waals surface area contributed by atoms with Gasteiger partial charge in [0.05, 0.1) is 8.66 Å². The zero-order chi connectivity index (χ0) is 14.0. The van der Waals surface area contributed by atoms with Gasteiger partial charge in [0, 0.05) is 0 Å². The first kappa shape index (κ1) is 14.5. The second-order valence-corrected chi connectivity index (χ2v) is 7.44. The minimum absolute atomic E-state index is 0.0499. The van der Waals surface area contributed by atoms with Crippen molar-refractivity contribution in [3.63, 3.8) is 0 Å². The molecular weight excluding hydrogens is 330 g/mol. The summed E-state index contributed by atoms with van der Waals surface area (Å²) < 4.78 is 0.860. The van der Waals surface area contributed by atoms with Crippen LogP contribution in [0.1, 0.15) is 42.3 Å². The molecule has 6 heteroatoms. The lowest BCUT2D eigenvalue weighted by Crippen LogP contribution is -2.59. The lowest BCUT2D eigenvalue weighted by atomic mass is 9.73. The summed E-state index contributed by atoms with van der Waals surface area (Å²) in [4.78, 5) is 24.4. The van der Waals surface area contributed by atoms with Crippen molar-refractivity contribution in [2.24, 2.45) is 5.92 Å². The molecule has 0 aromatic carbocycles. The van der Waals surface area contributed by atoms with Crippen molar-refractivity contribution < 1.29 is 14.7 Å². The van der Waals surface area contributed by atoms with Gasteiger partial charge >= 0.3 is 5.97 Å². The van der Waals surface area contributed by atoms with E-state index in [1.807, 2.05) is 6.92 Å². The third-order valence-corrected chi connectivity index (χ3v) is 5.44. The Bertz CT molecular complexity index is 502. The van der Waals surface area contributed by atoms with Crippen LogP contribution in [-0.4, -0.2) is 22.5 Å². The minimum atomic E-state index is -1.12. The van der Waals surface area contributed by atoms with Crippen LogP contribution in [0.3, 0.4) is 0 Å². The van der Waals surface area contributed by atoms with Gasteiger partial charge in [0.1, 0.15) is 5.54 Å². The van der Waals surface area contributed by atoms with Crippen molar-refractivity contribution in [2.45, 2.75) is 38.1 Å². The molecule has 1 aromatic heterocycles. The summed E-state index contributed by atoms with van der Waals surface area (Å²) in [6.07, 6.45) is 3.20. The molecule has 0 aliphatic heterocycles. The summed E-state index contributed by atoms with van der Waals surface area (Å²) in [5.74, 6) is -1.28. The number of carbonyl (C=O) groups is 2. The van der Waals surface area contributed by atoms with Gasteiger partial charge in [-0.1, -0.05) is 19.8 Å². The van der Waals surface area contributed by atoms with Crippen molar-refractivity contribution in [2.75, 3.05) is 0 Å². The van der Waals surface area contributed by atoms with Crippen LogP contribution in [0.5, 0.6) is 0 Å². The molecule has 0 bridgehead atoms. The van der Waals surface area contributed by atoms with Gasteiger partial charge in [-0.25, -0.2) is 4.79 Å². The maximum Gasteiger partial charge on any atom is 0.329 e. The van der Waals surface area contributed by atoms with E-state index < -0.39 is 11.5 Å². The average molecular weight is 346 g/mol. The van der Waals surface area contributed by atoms with E-state index in [2.05, 4.69) is 21.2 Å². The van der Waals surface area contributed by atoms with Crippen molar-refractivity contribution in [1.82, 2.24) is 5.32 Å². The number of carboxylic acids is 1. The van der Waals surface area contributed by atoms with Crippen molar-refractivity contribution in [3.05, 3.63) is 20.8 Å². The molecule has 0 saturated heterocycles. The molecule has 1 amide bonds. The van der Waals surface area contributed by atoms with Crippen LogP contribution in [0, 0.1) is 5.92 Å². The van der Waals surface area contributed by atoms with Gasteiger partial charge in [-0.2, -0.15) is 0 Å². The van der Waals surface area contributed by atoms with E-state index in [4.69, 9.17) is 0 Å². The van der Waals surface area contributed by atoms with Crippen molar-refractivity contribution in [1.29, 1.82) is 0 Å². The highest BCUT2D eigenvalue weighted by Gasteiger charge is 2.46. The maximum atomic E-state index is 12.2. The lowest BCUT2D eigenvalue weighted by molar-refractivity contribution is -0.148. The number of halogens is 1. The van der Waals surface area contributed by atoms with Crippen LogP contribution in [0.2, 0.25) is 0 Å². The fourth-order valence-electron chi connectivity index (χ4n) is 2.60. The smallest absolute Gasteiger partial charge is 0.329 e. The van der Waals surface area contributed by atoms with E-state index >= 15 is 0 Å². The third-order valence-electron chi connectivity index (χ3n) is 3.81. The number of amides is 1. The number of carbonyl (C=O) groups excluding carboxylic acids is 1. The molecule has 2 unspecified atom stereocenters. The summed E-state index contributed by atoms with van der Waals surface area (Å²) in [5.41, 5.74) is -1.12. The molecule has 19 heavy (non-hydrogen) atoms. The van der Waals surface area contributed by atoms with Gasteiger partial charge < -0.3 is 10.4 Å². The molecule has 2 atom stereocenters. The molecule has 1 saturated carbocycles. The Morgan fingerprint density at radius 1 is 1.47 bits per heavy atom. The second kappa shape index (κ2) is 5.63. The zero-order valence-electron chi connectivity index (χ0n) is 10.6. The molecule has 4 nitrogen and oxygen atoms in total. The van der Waals surface area contributed by atoms with E-state index in [1.165, 1.54) is 11.3 Å². The highest BCUT2D eigenvalue weighted by atomic mass is 79.9. The number of carboxylic acid groups (broad SMARTS) is 1. The van der Waals surface area contributed by atoms with Gasteiger partial charge in [0.15, 0.2) is 0 Å². The first-order valence-electron chi connectivity index (χ1n) is 6.27. The number of thiophene rings is 1. The molecule has 1 aromatic rings. The van der Waals surface area contributed by atoms with Crippen LogP contribution in [0.4, 0.5) is 0 Å². The largest absolute Gasteiger partial charge is 0.479 e. The molecular formula is C13H16BrNO3S. The van der Waals surface area contributed by atoms with Crippen LogP contribution >= 0.6 is 27.3 Å². The Morgan fingerprint density at radius 3 is 2.74 bits per heavy atom. The Hall–Kier alpha value is -0.880. The van der Waals surface area contributed by atoms with E-state index in [-0.39, 0.29) is 11.8 Å². The lowest BCUT2D eigenvalue weighted by Gasteiger charge is -2.39. The molecule has 0 spiro atoms. The van der Waals surface area contributed by atoms with Crippen molar-refractivity contribution >= 4 is 39.1 Å². The van der Waals surface area contributed by atoms with Gasteiger partial charge in [0.25, 0.3) is 5.91 Å². The molecule has 1 fully saturated rings. The first-order chi connectivity index (χ1) is 8.95. The molecule has 1 aliphatic carbocycles. The predicted octanol–water partition coefficient (Wildman–Crippen LogP) is 3.27. The Morgan fingerprint density at radius 2 is 2.21 bits per heavy atom. The van der Waals surface area contributed by atoms with Gasteiger partial charge in [0.2, 0.25) is 0 Å². The predicted molar refractivity (Wildman–Crippen MR) is 77.5 cm³/mol. The second-order valence-electron chi connectivity index (χ2n) is 4.98. The third kappa shape index (κ3) is 2.84. The molecule has 2 rings (SSSR count). The number of nitrogens with one attached hydrogen (secondary N) is 1. The molecule has 2 N–H and O–H groups in total. The minimum Gasteiger partial charge on any atom is -0.479 e. The fourth-order valence-corrected chi connectivity index (χ4v) is 3.89. The van der Waals surface area contributed by atoms with E-state index in [0.717, 1.165) is 23.0 Å². The summed E-state index contributed by atoms with van der Waals surface area (Å²) >= 11 is 4.61. The van der Waals surface area contributed by atoms with Crippen molar-refractivity contribution in [3.8, 4) is 0 Å². The molecule has 1 aliphatic rings. The summed E-state index contributed by atoms with van der Waals surface area (Å²) in [5, 5.41) is 12.3. The molecule has 104 valence electrons. The van der Waals surface area contributed by atoms with Crippen LogP contribution in [0.15, 0.2) is 15.9 Å². The van der Waals surface area contributed by atoms with Crippen LogP contribution in [0.25, 0.3) is 0 Å². The maximum absolute atomic E-state index is 12.2. The van der Waals surface area contributed by atoms with E-state index in [0.29, 0.717) is 11.3 Å². The van der Waals surface area contributed by atoms with Crippen LogP contribution in [-0.2, 0) is 4.79 Å². The summed E-state index contributed by atoms with van der Waals surface area (Å²) in [6, 6.07) is 3.49. The topological polar surface area (TPSA) is 66.4 Å². The SMILES string of the molecule is CC1CCCCC1(NC(=O)c1ccc(Br)s1)C(=O)O. The van der Waals surface area contributed by atoms with E-state index in [1.54, 1.807) is 12.1 Å². The van der Waals surface area contributed by atoms with Crippen LogP contribution < -0.4 is 5.32 Å². The normalized spacial score (nSPS) is 26.9. The Kier molecular flexibility index (Phi) is 4.30.